The second-order valence-electron chi connectivity index (χ2n) is 6.45. The van der Waals surface area contributed by atoms with Crippen LogP contribution in [0.2, 0.25) is 0 Å². The molecule has 0 aliphatic carbocycles. The molecule has 25 heavy (non-hydrogen) atoms. The van der Waals surface area contributed by atoms with E-state index in [1.807, 2.05) is 24.3 Å². The van der Waals surface area contributed by atoms with Crippen LogP contribution in [0.3, 0.4) is 0 Å². The van der Waals surface area contributed by atoms with Crippen LogP contribution in [0.15, 0.2) is 48.5 Å². The third-order valence-corrected chi connectivity index (χ3v) is 4.60. The first kappa shape index (κ1) is 17.1. The highest BCUT2D eigenvalue weighted by atomic mass is 16.6. The first-order valence-electron chi connectivity index (χ1n) is 8.37. The number of nitro benzene ring substituents is 1. The number of ketones is 1. The standard InChI is InChI=1S/C19H21N3O3/c1-21-11-9-14(10-12-21)19(23)15-3-2-4-17(13-15)20-16-5-7-18(8-6-16)22(24)25/h2-8,13-14,20H,9-12H2,1H3. The first-order chi connectivity index (χ1) is 12.0. The fourth-order valence-corrected chi connectivity index (χ4v) is 3.09. The number of nitrogens with zero attached hydrogens (tertiary/aromatic N) is 2. The first-order valence-corrected chi connectivity index (χ1v) is 8.37. The van der Waals surface area contributed by atoms with Crippen molar-refractivity contribution in [3.8, 4) is 0 Å². The van der Waals surface area contributed by atoms with Gasteiger partial charge in [-0.3, -0.25) is 14.9 Å². The lowest BCUT2D eigenvalue weighted by Crippen LogP contribution is -2.33. The molecule has 0 aromatic heterocycles. The number of hydrogen-bond donors (Lipinski definition) is 1. The van der Waals surface area contributed by atoms with Crippen molar-refractivity contribution in [2.45, 2.75) is 12.8 Å². The van der Waals surface area contributed by atoms with Crippen molar-refractivity contribution >= 4 is 22.8 Å². The summed E-state index contributed by atoms with van der Waals surface area (Å²) < 4.78 is 0. The molecule has 6 heteroatoms. The third kappa shape index (κ3) is 4.22. The summed E-state index contributed by atoms with van der Waals surface area (Å²) in [4.78, 5) is 25.2. The lowest BCUT2D eigenvalue weighted by Gasteiger charge is -2.28. The van der Waals surface area contributed by atoms with Crippen LogP contribution in [0.4, 0.5) is 17.1 Å². The van der Waals surface area contributed by atoms with Gasteiger partial charge in [-0.25, -0.2) is 0 Å². The highest BCUT2D eigenvalue weighted by molar-refractivity contribution is 5.98. The van der Waals surface area contributed by atoms with Crippen molar-refractivity contribution in [3.63, 3.8) is 0 Å². The molecule has 1 N–H and O–H groups in total. The van der Waals surface area contributed by atoms with Gasteiger partial charge in [0.05, 0.1) is 4.92 Å². The van der Waals surface area contributed by atoms with Gasteiger partial charge in [-0.1, -0.05) is 12.1 Å². The van der Waals surface area contributed by atoms with Crippen molar-refractivity contribution < 1.29 is 9.72 Å². The molecule has 1 fully saturated rings. The molecule has 0 spiro atoms. The molecule has 0 radical (unpaired) electrons. The molecule has 0 amide bonds. The van der Waals surface area contributed by atoms with E-state index in [1.54, 1.807) is 12.1 Å². The van der Waals surface area contributed by atoms with E-state index in [2.05, 4.69) is 17.3 Å². The van der Waals surface area contributed by atoms with E-state index < -0.39 is 4.92 Å². The molecule has 6 nitrogen and oxygen atoms in total. The minimum Gasteiger partial charge on any atom is -0.356 e. The fraction of sp³-hybridized carbons (Fsp3) is 0.316. The lowest BCUT2D eigenvalue weighted by molar-refractivity contribution is -0.384. The molecule has 1 heterocycles. The normalized spacial score (nSPS) is 15.7. The predicted molar refractivity (Wildman–Crippen MR) is 97.4 cm³/mol. The Kier molecular flexibility index (Phi) is 5.09. The van der Waals surface area contributed by atoms with Gasteiger partial charge in [0.15, 0.2) is 5.78 Å². The number of Topliss-reactive ketones (excluding diaryl/α,β-unsaturated/α-hetero) is 1. The number of piperidine rings is 1. The minimum atomic E-state index is -0.426. The summed E-state index contributed by atoms with van der Waals surface area (Å²) in [6, 6.07) is 13.7. The summed E-state index contributed by atoms with van der Waals surface area (Å²) in [5, 5.41) is 13.9. The van der Waals surface area contributed by atoms with E-state index >= 15 is 0 Å². The van der Waals surface area contributed by atoms with E-state index in [9.17, 15) is 14.9 Å². The summed E-state index contributed by atoms with van der Waals surface area (Å²) in [6.45, 7) is 1.91. The van der Waals surface area contributed by atoms with Crippen LogP contribution in [-0.4, -0.2) is 35.7 Å². The third-order valence-electron chi connectivity index (χ3n) is 4.60. The van der Waals surface area contributed by atoms with Crippen LogP contribution in [0.1, 0.15) is 23.2 Å². The van der Waals surface area contributed by atoms with Gasteiger partial charge in [0.1, 0.15) is 0 Å². The lowest BCUT2D eigenvalue weighted by atomic mass is 9.89. The van der Waals surface area contributed by atoms with Gasteiger partial charge in [0, 0.05) is 35.0 Å². The highest BCUT2D eigenvalue weighted by Gasteiger charge is 2.24. The molecule has 2 aromatic rings. The molecule has 1 saturated heterocycles. The maximum atomic E-state index is 12.7. The van der Waals surface area contributed by atoms with Gasteiger partial charge in [0.25, 0.3) is 5.69 Å². The van der Waals surface area contributed by atoms with Gasteiger partial charge >= 0.3 is 0 Å². The molecular formula is C19H21N3O3. The molecule has 0 atom stereocenters. The number of non-ortho nitro benzene ring substituents is 1. The van der Waals surface area contributed by atoms with Crippen molar-refractivity contribution in [3.05, 3.63) is 64.2 Å². The van der Waals surface area contributed by atoms with Gasteiger partial charge < -0.3 is 10.2 Å². The van der Waals surface area contributed by atoms with Crippen molar-refractivity contribution in [1.82, 2.24) is 4.90 Å². The van der Waals surface area contributed by atoms with Crippen LogP contribution in [-0.2, 0) is 0 Å². The largest absolute Gasteiger partial charge is 0.356 e. The number of nitrogens with one attached hydrogen (secondary N) is 1. The molecule has 130 valence electrons. The molecule has 2 aromatic carbocycles. The Bertz CT molecular complexity index is 766. The van der Waals surface area contributed by atoms with Crippen LogP contribution >= 0.6 is 0 Å². The van der Waals surface area contributed by atoms with E-state index in [-0.39, 0.29) is 17.4 Å². The molecule has 0 unspecified atom stereocenters. The van der Waals surface area contributed by atoms with Gasteiger partial charge in [-0.05, 0) is 57.2 Å². The predicted octanol–water partition coefficient (Wildman–Crippen LogP) is 3.86. The summed E-state index contributed by atoms with van der Waals surface area (Å²) >= 11 is 0. The molecule has 0 bridgehead atoms. The quantitative estimate of drug-likeness (QED) is 0.508. The highest BCUT2D eigenvalue weighted by Crippen LogP contribution is 2.24. The number of hydrogen-bond acceptors (Lipinski definition) is 5. The second-order valence-corrected chi connectivity index (χ2v) is 6.45. The van der Waals surface area contributed by atoms with Crippen LogP contribution < -0.4 is 5.32 Å². The Morgan fingerprint density at radius 3 is 2.44 bits per heavy atom. The molecule has 3 rings (SSSR count). The number of benzene rings is 2. The number of carbonyl (C=O) groups excluding carboxylic acids is 1. The Morgan fingerprint density at radius 2 is 1.80 bits per heavy atom. The van der Waals surface area contributed by atoms with Crippen LogP contribution in [0.5, 0.6) is 0 Å². The second kappa shape index (κ2) is 7.44. The number of likely N-dealkylation sites (tertiary alicyclic amines) is 1. The molecular weight excluding hydrogens is 318 g/mol. The number of rotatable bonds is 5. The summed E-state index contributed by atoms with van der Waals surface area (Å²) in [7, 11) is 2.08. The summed E-state index contributed by atoms with van der Waals surface area (Å²) in [6.07, 6.45) is 1.80. The Balaban J connectivity index is 1.70. The van der Waals surface area contributed by atoms with Crippen molar-refractivity contribution in [2.75, 3.05) is 25.5 Å². The van der Waals surface area contributed by atoms with E-state index in [1.165, 1.54) is 12.1 Å². The molecule has 0 saturated carbocycles. The van der Waals surface area contributed by atoms with Gasteiger partial charge in [-0.2, -0.15) is 0 Å². The van der Waals surface area contributed by atoms with Crippen LogP contribution in [0, 0.1) is 16.0 Å². The zero-order valence-electron chi connectivity index (χ0n) is 14.1. The van der Waals surface area contributed by atoms with Crippen LogP contribution in [0.25, 0.3) is 0 Å². The Morgan fingerprint density at radius 1 is 1.12 bits per heavy atom. The smallest absolute Gasteiger partial charge is 0.269 e. The maximum absolute atomic E-state index is 12.7. The van der Waals surface area contributed by atoms with Crippen molar-refractivity contribution in [2.24, 2.45) is 5.92 Å². The molecule has 1 aliphatic rings. The zero-order chi connectivity index (χ0) is 17.8. The Hall–Kier alpha value is -2.73. The SMILES string of the molecule is CN1CCC(C(=O)c2cccc(Nc3ccc([N+](=O)[O-])cc3)c2)CC1. The van der Waals surface area contributed by atoms with Crippen molar-refractivity contribution in [1.29, 1.82) is 0 Å². The van der Waals surface area contributed by atoms with E-state index in [0.29, 0.717) is 5.56 Å². The summed E-state index contributed by atoms with van der Waals surface area (Å²) in [5.74, 6) is 0.284. The Labute approximate surface area is 146 Å². The maximum Gasteiger partial charge on any atom is 0.269 e. The zero-order valence-corrected chi connectivity index (χ0v) is 14.1. The topological polar surface area (TPSA) is 75.5 Å². The number of anilines is 2. The van der Waals surface area contributed by atoms with Gasteiger partial charge in [-0.15, -0.1) is 0 Å². The summed E-state index contributed by atoms with van der Waals surface area (Å²) in [5.41, 5.74) is 2.31. The van der Waals surface area contributed by atoms with Gasteiger partial charge in [0.2, 0.25) is 0 Å². The number of nitro groups is 1. The fourth-order valence-electron chi connectivity index (χ4n) is 3.09. The van der Waals surface area contributed by atoms with E-state index in [0.717, 1.165) is 37.3 Å². The molecule has 1 aliphatic heterocycles. The average molecular weight is 339 g/mol. The van der Waals surface area contributed by atoms with E-state index in [4.69, 9.17) is 0 Å². The average Bonchev–Trinajstić information content (AvgIpc) is 2.62. The number of carbonyl (C=O) groups is 1. The monoisotopic (exact) mass is 339 g/mol. The minimum absolute atomic E-state index is 0.0525.